The number of para-hydroxylation sites is 1. The Morgan fingerprint density at radius 2 is 0.717 bits per heavy atom. The molecule has 3 heteroatoms. The van der Waals surface area contributed by atoms with Gasteiger partial charge in [0.2, 0.25) is 0 Å². The minimum atomic E-state index is 0.683. The molecule has 0 aliphatic carbocycles. The molecular weight excluding hydrogens is 727 g/mol. The van der Waals surface area contributed by atoms with Crippen molar-refractivity contribution in [2.75, 3.05) is 0 Å². The van der Waals surface area contributed by atoms with E-state index in [9.17, 15) is 0 Å². The van der Waals surface area contributed by atoms with Crippen LogP contribution in [-0.4, -0.2) is 15.0 Å². The molecule has 0 fully saturated rings. The molecule has 0 saturated heterocycles. The van der Waals surface area contributed by atoms with Gasteiger partial charge in [-0.3, -0.25) is 0 Å². The van der Waals surface area contributed by atoms with Gasteiger partial charge in [0.15, 0.2) is 5.82 Å². The predicted octanol–water partition coefficient (Wildman–Crippen LogP) is 15.1. The molecule has 0 N–H and O–H groups in total. The van der Waals surface area contributed by atoms with Crippen LogP contribution in [0.15, 0.2) is 212 Å². The maximum absolute atomic E-state index is 5.52. The summed E-state index contributed by atoms with van der Waals surface area (Å²) in [6.45, 7) is 0. The van der Waals surface area contributed by atoms with Crippen molar-refractivity contribution in [3.05, 3.63) is 212 Å². The molecule has 12 aromatic rings. The third-order valence-corrected chi connectivity index (χ3v) is 12.0. The monoisotopic (exact) mass is 761 g/mol. The van der Waals surface area contributed by atoms with E-state index in [1.165, 1.54) is 37.7 Å². The van der Waals surface area contributed by atoms with Crippen LogP contribution in [0.5, 0.6) is 0 Å². The van der Waals surface area contributed by atoms with Crippen molar-refractivity contribution in [1.82, 2.24) is 15.0 Å². The summed E-state index contributed by atoms with van der Waals surface area (Å²) in [6.07, 6.45) is 0. The van der Waals surface area contributed by atoms with Crippen molar-refractivity contribution in [3.63, 3.8) is 0 Å². The van der Waals surface area contributed by atoms with Crippen LogP contribution in [0, 0.1) is 0 Å². The number of hydrogen-bond donors (Lipinski definition) is 0. The van der Waals surface area contributed by atoms with E-state index in [2.05, 4.69) is 206 Å². The third kappa shape index (κ3) is 5.55. The molecule has 12 rings (SSSR count). The highest BCUT2D eigenvalue weighted by atomic mass is 14.9. The van der Waals surface area contributed by atoms with Crippen LogP contribution in [-0.2, 0) is 0 Å². The highest BCUT2D eigenvalue weighted by Crippen LogP contribution is 2.45. The molecule has 0 amide bonds. The van der Waals surface area contributed by atoms with Crippen LogP contribution >= 0.6 is 0 Å². The molecule has 2 heterocycles. The molecule has 3 nitrogen and oxygen atoms in total. The molecule has 0 aliphatic heterocycles. The zero-order valence-corrected chi connectivity index (χ0v) is 32.5. The standard InChI is InChI=1S/C57H35N3/c1-2-17-38(18-3-1)57-59-54(43-31-29-36-15-4-6-19-39(36)33-43)51(55(60-57)44-32-30-37-16-5-7-20-40(37)34-44)41-21-14-22-42(35-41)56-53-48-26-11-9-24-46(48)45-23-8-10-25-47(45)52(53)49-27-12-13-28-50(49)58-56/h1-35H. The highest BCUT2D eigenvalue weighted by molar-refractivity contribution is 6.33. The molecule has 2 aromatic heterocycles. The number of hydrogen-bond acceptors (Lipinski definition) is 3. The van der Waals surface area contributed by atoms with Gasteiger partial charge in [-0.2, -0.15) is 0 Å². The van der Waals surface area contributed by atoms with Crippen molar-refractivity contribution < 1.29 is 0 Å². The number of fused-ring (bicyclic) bond motifs is 10. The summed E-state index contributed by atoms with van der Waals surface area (Å²) in [5, 5.41) is 13.1. The Balaban J connectivity index is 1.19. The van der Waals surface area contributed by atoms with Crippen LogP contribution in [0.2, 0.25) is 0 Å². The van der Waals surface area contributed by atoms with E-state index < -0.39 is 0 Å². The Morgan fingerprint density at radius 3 is 1.35 bits per heavy atom. The first kappa shape index (κ1) is 34.1. The quantitative estimate of drug-likeness (QED) is 0.164. The number of aromatic nitrogens is 3. The second-order valence-corrected chi connectivity index (χ2v) is 15.5. The summed E-state index contributed by atoms with van der Waals surface area (Å²) in [5.74, 6) is 0.683. The number of benzene rings is 10. The molecule has 10 aromatic carbocycles. The fourth-order valence-corrected chi connectivity index (χ4v) is 9.20. The summed E-state index contributed by atoms with van der Waals surface area (Å²) >= 11 is 0. The van der Waals surface area contributed by atoms with Crippen molar-refractivity contribution in [2.45, 2.75) is 0 Å². The Bertz CT molecular complexity index is 3560. The average molecular weight is 762 g/mol. The maximum atomic E-state index is 5.52. The van der Waals surface area contributed by atoms with Gasteiger partial charge in [-0.25, -0.2) is 15.0 Å². The molecule has 0 bridgehead atoms. The predicted molar refractivity (Wildman–Crippen MR) is 252 cm³/mol. The van der Waals surface area contributed by atoms with Crippen molar-refractivity contribution >= 4 is 64.8 Å². The lowest BCUT2D eigenvalue weighted by Crippen LogP contribution is -2.01. The first-order valence-corrected chi connectivity index (χ1v) is 20.4. The minimum Gasteiger partial charge on any atom is -0.247 e. The molecule has 0 unspecified atom stereocenters. The lowest BCUT2D eigenvalue weighted by molar-refractivity contribution is 1.19. The van der Waals surface area contributed by atoms with Gasteiger partial charge in [0.25, 0.3) is 0 Å². The normalized spacial score (nSPS) is 11.7. The molecule has 0 aliphatic rings. The SMILES string of the molecule is c1ccc(-c2nc(-c3ccc4ccccc4c3)c(-c3cccc(-c4nc5ccccc5c5c6ccccc6c6ccccc6c45)c3)c(-c3ccc4ccccc4c3)n2)cc1. The van der Waals surface area contributed by atoms with Gasteiger partial charge >= 0.3 is 0 Å². The fourth-order valence-electron chi connectivity index (χ4n) is 9.20. The van der Waals surface area contributed by atoms with Gasteiger partial charge in [-0.05, 0) is 72.9 Å². The van der Waals surface area contributed by atoms with E-state index in [1.54, 1.807) is 0 Å². The summed E-state index contributed by atoms with van der Waals surface area (Å²) in [4.78, 5) is 16.5. The lowest BCUT2D eigenvalue weighted by atomic mass is 9.88. The van der Waals surface area contributed by atoms with E-state index in [0.29, 0.717) is 5.82 Å². The fraction of sp³-hybridized carbons (Fsp3) is 0. The zero-order valence-electron chi connectivity index (χ0n) is 32.5. The second kappa shape index (κ2) is 13.8. The van der Waals surface area contributed by atoms with Gasteiger partial charge in [0, 0.05) is 44.0 Å². The van der Waals surface area contributed by atoms with E-state index in [4.69, 9.17) is 15.0 Å². The molecule has 60 heavy (non-hydrogen) atoms. The Hall–Kier alpha value is -8.01. The van der Waals surface area contributed by atoms with Crippen molar-refractivity contribution in [3.8, 4) is 56.3 Å². The van der Waals surface area contributed by atoms with Crippen LogP contribution in [0.25, 0.3) is 121 Å². The summed E-state index contributed by atoms with van der Waals surface area (Å²) in [5.41, 5.74) is 9.73. The third-order valence-electron chi connectivity index (χ3n) is 12.0. The summed E-state index contributed by atoms with van der Waals surface area (Å²) in [6, 6.07) is 75.7. The molecule has 0 spiro atoms. The average Bonchev–Trinajstić information content (AvgIpc) is 3.33. The second-order valence-electron chi connectivity index (χ2n) is 15.5. The topological polar surface area (TPSA) is 38.7 Å². The minimum absolute atomic E-state index is 0.683. The Kier molecular flexibility index (Phi) is 7.85. The highest BCUT2D eigenvalue weighted by Gasteiger charge is 2.23. The largest absolute Gasteiger partial charge is 0.247 e. The maximum Gasteiger partial charge on any atom is 0.160 e. The molecule has 0 radical (unpaired) electrons. The first-order valence-electron chi connectivity index (χ1n) is 20.4. The number of rotatable bonds is 5. The van der Waals surface area contributed by atoms with E-state index >= 15 is 0 Å². The molecular formula is C57H35N3. The van der Waals surface area contributed by atoms with E-state index in [0.717, 1.165) is 77.5 Å². The van der Waals surface area contributed by atoms with Gasteiger partial charge in [-0.1, -0.05) is 188 Å². The van der Waals surface area contributed by atoms with Gasteiger partial charge in [-0.15, -0.1) is 0 Å². The van der Waals surface area contributed by atoms with Crippen LogP contribution in [0.1, 0.15) is 0 Å². The molecule has 278 valence electrons. The van der Waals surface area contributed by atoms with Crippen molar-refractivity contribution in [2.24, 2.45) is 0 Å². The van der Waals surface area contributed by atoms with Crippen LogP contribution in [0.4, 0.5) is 0 Å². The number of nitrogens with zero attached hydrogens (tertiary/aromatic N) is 3. The molecule has 0 atom stereocenters. The molecule has 0 saturated carbocycles. The lowest BCUT2D eigenvalue weighted by Gasteiger charge is -2.19. The number of pyridine rings is 1. The van der Waals surface area contributed by atoms with Crippen LogP contribution < -0.4 is 0 Å². The van der Waals surface area contributed by atoms with Gasteiger partial charge < -0.3 is 0 Å². The summed E-state index contributed by atoms with van der Waals surface area (Å²) in [7, 11) is 0. The Morgan fingerprint density at radius 1 is 0.250 bits per heavy atom. The van der Waals surface area contributed by atoms with Gasteiger partial charge in [0.05, 0.1) is 22.6 Å². The van der Waals surface area contributed by atoms with E-state index in [-0.39, 0.29) is 0 Å². The van der Waals surface area contributed by atoms with Crippen LogP contribution in [0.3, 0.4) is 0 Å². The van der Waals surface area contributed by atoms with Crippen molar-refractivity contribution in [1.29, 1.82) is 0 Å². The van der Waals surface area contributed by atoms with Gasteiger partial charge in [0.1, 0.15) is 0 Å². The first-order chi connectivity index (χ1) is 29.7. The zero-order chi connectivity index (χ0) is 39.6. The smallest absolute Gasteiger partial charge is 0.160 e. The summed E-state index contributed by atoms with van der Waals surface area (Å²) < 4.78 is 0. The Labute approximate surface area is 346 Å². The van der Waals surface area contributed by atoms with E-state index in [1.807, 2.05) is 6.07 Å².